The highest BCUT2D eigenvalue weighted by molar-refractivity contribution is 7.99. The van der Waals surface area contributed by atoms with Crippen molar-refractivity contribution in [3.05, 3.63) is 75.0 Å². The molecule has 0 unspecified atom stereocenters. The number of furan rings is 1. The molecular weight excluding hydrogens is 725 g/mol. The van der Waals surface area contributed by atoms with Crippen molar-refractivity contribution in [2.75, 3.05) is 39.9 Å². The number of piperazine rings is 1. The second-order valence-electron chi connectivity index (χ2n) is 15.3. The minimum Gasteiger partial charge on any atom is -0.504 e. The molecular formula is C41H40N4O9S. The van der Waals surface area contributed by atoms with Crippen molar-refractivity contribution in [1.82, 2.24) is 15.1 Å². The van der Waals surface area contributed by atoms with Gasteiger partial charge in [-0.1, -0.05) is 24.3 Å². The molecule has 11 rings (SSSR count). The van der Waals surface area contributed by atoms with Crippen molar-refractivity contribution in [2.24, 2.45) is 0 Å². The fourth-order valence-corrected chi connectivity index (χ4v) is 12.1. The number of nitriles is 1. The van der Waals surface area contributed by atoms with Gasteiger partial charge in [-0.05, 0) is 50.9 Å². The first kappa shape index (κ1) is 34.5. The Balaban J connectivity index is 1.25. The van der Waals surface area contributed by atoms with Crippen molar-refractivity contribution in [3.8, 4) is 34.8 Å². The molecule has 14 heteroatoms. The van der Waals surface area contributed by atoms with E-state index in [-0.39, 0.29) is 30.9 Å². The maximum absolute atomic E-state index is 14.8. The van der Waals surface area contributed by atoms with Crippen molar-refractivity contribution in [2.45, 2.75) is 74.6 Å². The largest absolute Gasteiger partial charge is 0.504 e. The van der Waals surface area contributed by atoms with E-state index in [1.165, 1.54) is 18.7 Å². The highest BCUT2D eigenvalue weighted by Gasteiger charge is 2.62. The number of hydrogen-bond donors (Lipinski definition) is 2. The minimum atomic E-state index is -1.35. The van der Waals surface area contributed by atoms with Crippen molar-refractivity contribution < 1.29 is 42.8 Å². The quantitative estimate of drug-likeness (QED) is 0.207. The number of carbonyl (C=O) groups excluding carboxylic acids is 2. The normalized spacial score (nSPS) is 29.1. The molecule has 4 aromatic rings. The van der Waals surface area contributed by atoms with Crippen LogP contribution in [-0.2, 0) is 32.7 Å². The van der Waals surface area contributed by atoms with Crippen LogP contribution in [-0.4, -0.2) is 84.8 Å². The summed E-state index contributed by atoms with van der Waals surface area (Å²) >= 11 is 1.52. The number of hydrogen-bond acceptors (Lipinski definition) is 14. The highest BCUT2D eigenvalue weighted by Crippen LogP contribution is 2.64. The molecule has 0 radical (unpaired) electrons. The average molecular weight is 765 g/mol. The summed E-state index contributed by atoms with van der Waals surface area (Å²) in [7, 11) is 3.56. The molecule has 2 saturated heterocycles. The number of phenols is 1. The van der Waals surface area contributed by atoms with Gasteiger partial charge >= 0.3 is 11.9 Å². The number of fused-ring (bicyclic) bond motifs is 11. The lowest BCUT2D eigenvalue weighted by Gasteiger charge is -2.62. The Morgan fingerprint density at radius 2 is 1.93 bits per heavy atom. The Bertz CT molecular complexity index is 2390. The average Bonchev–Trinajstić information content (AvgIpc) is 3.81. The standard InChI is InChI=1S/C41H40N4O9S/c1-18-12-21-13-24-25(14-42)45-26-15-50-40(48)41(39-23(10-11-43-41)22-8-6-7-9-27(22)54-39)16-55-38(32(45)31(44(24)4)28(21)33(47)34(18)49-5)30-29(26)37-36(51-17-52-37)19(2)35(30)53-20(3)46/h6-9,12,24-26,31-32,38,43,47H,10-11,13,15-17H2,1-5H3/t24-,25+,26+,31-,32-,38-,41-/m1/s1. The van der Waals surface area contributed by atoms with Crippen LogP contribution >= 0.6 is 11.8 Å². The number of methoxy groups -OCH3 is 1. The summed E-state index contributed by atoms with van der Waals surface area (Å²) in [5.41, 5.74) is 4.79. The number of aromatic hydroxyl groups is 1. The first-order chi connectivity index (χ1) is 26.6. The Hall–Kier alpha value is -4.94. The first-order valence-electron chi connectivity index (χ1n) is 18.6. The summed E-state index contributed by atoms with van der Waals surface area (Å²) in [5.74, 6) is 1.49. The topological polar surface area (TPSA) is 156 Å². The van der Waals surface area contributed by atoms with Crippen LogP contribution < -0.4 is 24.3 Å². The summed E-state index contributed by atoms with van der Waals surface area (Å²) in [5, 5.41) is 27.2. The number of thioether (sulfide) groups is 1. The molecule has 7 aliphatic rings. The monoisotopic (exact) mass is 764 g/mol. The summed E-state index contributed by atoms with van der Waals surface area (Å²) in [6.07, 6.45) is 1.18. The smallest absolute Gasteiger partial charge is 0.335 e. The van der Waals surface area contributed by atoms with E-state index in [4.69, 9.17) is 28.1 Å². The van der Waals surface area contributed by atoms with E-state index >= 15 is 0 Å². The third-order valence-electron chi connectivity index (χ3n) is 12.6. The summed E-state index contributed by atoms with van der Waals surface area (Å²) < 4.78 is 37.2. The van der Waals surface area contributed by atoms with Gasteiger partial charge in [-0.15, -0.1) is 11.8 Å². The summed E-state index contributed by atoms with van der Waals surface area (Å²) in [6, 6.07) is 9.90. The van der Waals surface area contributed by atoms with Crippen molar-refractivity contribution in [1.29, 1.82) is 5.26 Å². The van der Waals surface area contributed by atoms with E-state index in [2.05, 4.69) is 27.3 Å². The molecule has 284 valence electrons. The molecule has 8 heterocycles. The van der Waals surface area contributed by atoms with Gasteiger partial charge in [0.25, 0.3) is 0 Å². The molecule has 1 spiro atoms. The molecule has 7 atom stereocenters. The second kappa shape index (κ2) is 12.3. The summed E-state index contributed by atoms with van der Waals surface area (Å²) in [6.45, 7) is 5.46. The van der Waals surface area contributed by atoms with Crippen molar-refractivity contribution in [3.63, 3.8) is 0 Å². The predicted octanol–water partition coefficient (Wildman–Crippen LogP) is 5.02. The van der Waals surface area contributed by atoms with E-state index in [0.717, 1.165) is 33.2 Å². The number of para-hydroxylation sites is 1. The van der Waals surface area contributed by atoms with Crippen LogP contribution in [0.5, 0.6) is 28.7 Å². The Labute approximate surface area is 321 Å². The number of likely N-dealkylation sites (N-methyl/N-ethyl adjacent to an activating group) is 1. The SMILES string of the molecule is COc1c(C)cc2c(c1O)[C@@H]1[C@@H]3[C@@H]4SC[C@]5(NCCc6c5oc5ccccc65)C(=O)OC[C@@H](c5c6c(c(C)c(OC(C)=O)c54)OCO6)N3[C@@H](C#N)[C@@H](C2)N1C. The lowest BCUT2D eigenvalue weighted by molar-refractivity contribution is -0.158. The number of ether oxygens (including phenoxy) is 5. The van der Waals surface area contributed by atoms with Crippen LogP contribution in [0.2, 0.25) is 0 Å². The van der Waals surface area contributed by atoms with Gasteiger partial charge in [0.2, 0.25) is 6.79 Å². The van der Waals surface area contributed by atoms with Gasteiger partial charge < -0.3 is 33.2 Å². The van der Waals surface area contributed by atoms with E-state index in [1.807, 2.05) is 45.2 Å². The van der Waals surface area contributed by atoms with E-state index in [0.29, 0.717) is 64.9 Å². The highest BCUT2D eigenvalue weighted by atomic mass is 32.2. The Kier molecular flexibility index (Phi) is 7.71. The number of carbonyl (C=O) groups is 2. The number of benzene rings is 3. The molecule has 2 N–H and O–H groups in total. The fourth-order valence-electron chi connectivity index (χ4n) is 10.4. The Morgan fingerprint density at radius 1 is 1.13 bits per heavy atom. The van der Waals surface area contributed by atoms with Crippen LogP contribution in [0.25, 0.3) is 11.0 Å². The molecule has 7 aliphatic heterocycles. The van der Waals surface area contributed by atoms with E-state index < -0.39 is 46.9 Å². The van der Waals surface area contributed by atoms with Crippen molar-refractivity contribution >= 4 is 34.7 Å². The number of esters is 2. The molecule has 0 aliphatic carbocycles. The predicted molar refractivity (Wildman–Crippen MR) is 200 cm³/mol. The number of aryl methyl sites for hydroxylation is 1. The van der Waals surface area contributed by atoms with Gasteiger partial charge in [0, 0.05) is 64.5 Å². The molecule has 3 aromatic carbocycles. The van der Waals surface area contributed by atoms with Crippen LogP contribution in [0.4, 0.5) is 0 Å². The number of nitrogens with zero attached hydrogens (tertiary/aromatic N) is 3. The fraction of sp³-hybridized carbons (Fsp3) is 0.439. The number of nitrogens with one attached hydrogen (secondary N) is 1. The van der Waals surface area contributed by atoms with E-state index in [9.17, 15) is 20.0 Å². The molecule has 55 heavy (non-hydrogen) atoms. The second-order valence-corrected chi connectivity index (χ2v) is 16.4. The van der Waals surface area contributed by atoms with Crippen LogP contribution in [0.1, 0.15) is 69.0 Å². The zero-order valence-corrected chi connectivity index (χ0v) is 31.9. The van der Waals surface area contributed by atoms with Gasteiger partial charge in [0.1, 0.15) is 29.7 Å². The maximum atomic E-state index is 14.8. The number of phenolic OH excluding ortho intramolecular Hbond substituents is 1. The molecule has 0 amide bonds. The molecule has 0 saturated carbocycles. The van der Waals surface area contributed by atoms with Crippen LogP contribution in [0.15, 0.2) is 34.7 Å². The third-order valence-corrected chi connectivity index (χ3v) is 14.1. The molecule has 2 fully saturated rings. The van der Waals surface area contributed by atoms with Crippen LogP contribution in [0.3, 0.4) is 0 Å². The van der Waals surface area contributed by atoms with Gasteiger partial charge in [0.15, 0.2) is 28.5 Å². The Morgan fingerprint density at radius 3 is 2.71 bits per heavy atom. The first-order valence-corrected chi connectivity index (χ1v) is 19.6. The van der Waals surface area contributed by atoms with Crippen LogP contribution in [0, 0.1) is 25.2 Å². The van der Waals surface area contributed by atoms with E-state index in [1.54, 1.807) is 7.11 Å². The van der Waals surface area contributed by atoms with Gasteiger partial charge in [0.05, 0.1) is 30.5 Å². The summed E-state index contributed by atoms with van der Waals surface area (Å²) in [4.78, 5) is 32.1. The minimum absolute atomic E-state index is 0.0438. The lowest BCUT2D eigenvalue weighted by atomic mass is 9.71. The molecule has 4 bridgehead atoms. The van der Waals surface area contributed by atoms with Gasteiger partial charge in [-0.2, -0.15) is 5.26 Å². The molecule has 1 aromatic heterocycles. The number of rotatable bonds is 2. The van der Waals surface area contributed by atoms with Gasteiger partial charge in [-0.25, -0.2) is 4.79 Å². The molecule has 13 nitrogen and oxygen atoms in total. The lowest BCUT2D eigenvalue weighted by Crippen LogP contribution is -2.69. The zero-order valence-electron chi connectivity index (χ0n) is 31.1. The maximum Gasteiger partial charge on any atom is 0.335 e. The van der Waals surface area contributed by atoms with Gasteiger partial charge in [-0.3, -0.25) is 19.9 Å². The zero-order chi connectivity index (χ0) is 38.1. The third kappa shape index (κ3) is 4.58.